The van der Waals surface area contributed by atoms with Crippen LogP contribution in [0.15, 0.2) is 22.7 Å². The Bertz CT molecular complexity index is 508. The van der Waals surface area contributed by atoms with Crippen molar-refractivity contribution in [3.05, 3.63) is 33.8 Å². The summed E-state index contributed by atoms with van der Waals surface area (Å²) in [7, 11) is 0. The molecule has 0 saturated carbocycles. The van der Waals surface area contributed by atoms with Gasteiger partial charge in [-0.05, 0) is 24.1 Å². The van der Waals surface area contributed by atoms with Crippen LogP contribution in [0.4, 0.5) is 13.2 Å². The minimum absolute atomic E-state index is 0.0127. The fourth-order valence-corrected chi connectivity index (χ4v) is 2.73. The summed E-state index contributed by atoms with van der Waals surface area (Å²) < 4.78 is 39.1. The first kappa shape index (κ1) is 18.5. The quantitative estimate of drug-likeness (QED) is 0.812. The Hall–Kier alpha value is -0.570. The number of hydrogen-bond acceptors (Lipinski definition) is 4. The second-order valence-electron chi connectivity index (χ2n) is 4.37. The standard InChI is InChI=1S/C13H14BrF3O3S/c1-7(18)21-5-4-11(19)12(20)9-3-2-8(14)6-10(9)13(15,16)17/h2-3,6,11-12,19-20H,4-5H2,1H3. The van der Waals surface area contributed by atoms with Crippen molar-refractivity contribution in [1.82, 2.24) is 0 Å². The third-order valence-corrected chi connectivity index (χ3v) is 4.06. The van der Waals surface area contributed by atoms with E-state index in [9.17, 15) is 28.2 Å². The molecule has 0 heterocycles. The van der Waals surface area contributed by atoms with E-state index >= 15 is 0 Å². The number of halogens is 4. The summed E-state index contributed by atoms with van der Waals surface area (Å²) in [5.41, 5.74) is -1.38. The van der Waals surface area contributed by atoms with Gasteiger partial charge >= 0.3 is 6.18 Å². The van der Waals surface area contributed by atoms with Gasteiger partial charge in [0.25, 0.3) is 0 Å². The molecule has 1 aromatic rings. The molecule has 21 heavy (non-hydrogen) atoms. The van der Waals surface area contributed by atoms with Crippen molar-refractivity contribution in [1.29, 1.82) is 0 Å². The molecule has 0 aliphatic carbocycles. The van der Waals surface area contributed by atoms with E-state index in [1.807, 2.05) is 0 Å². The number of thioether (sulfide) groups is 1. The summed E-state index contributed by atoms with van der Waals surface area (Å²) in [6.45, 7) is 1.35. The zero-order valence-corrected chi connectivity index (χ0v) is 13.4. The first-order valence-electron chi connectivity index (χ1n) is 5.99. The maximum absolute atomic E-state index is 12.9. The lowest BCUT2D eigenvalue weighted by atomic mass is 9.97. The fraction of sp³-hybridized carbons (Fsp3) is 0.462. The molecule has 8 heteroatoms. The van der Waals surface area contributed by atoms with Crippen molar-refractivity contribution in [2.24, 2.45) is 0 Å². The number of carbonyl (C=O) groups is 1. The van der Waals surface area contributed by atoms with E-state index in [4.69, 9.17) is 0 Å². The summed E-state index contributed by atoms with van der Waals surface area (Å²) in [6, 6.07) is 3.35. The van der Waals surface area contributed by atoms with Crippen LogP contribution in [0.2, 0.25) is 0 Å². The Balaban J connectivity index is 2.91. The number of hydrogen-bond donors (Lipinski definition) is 2. The van der Waals surface area contributed by atoms with Crippen molar-refractivity contribution in [3.63, 3.8) is 0 Å². The maximum Gasteiger partial charge on any atom is 0.416 e. The number of alkyl halides is 3. The Morgan fingerprint density at radius 3 is 2.52 bits per heavy atom. The van der Waals surface area contributed by atoms with Crippen LogP contribution >= 0.6 is 27.7 Å². The predicted octanol–water partition coefficient (Wildman–Crippen LogP) is 3.53. The Morgan fingerprint density at radius 1 is 1.38 bits per heavy atom. The second kappa shape index (κ2) is 7.62. The lowest BCUT2D eigenvalue weighted by Crippen LogP contribution is -2.22. The molecule has 2 unspecified atom stereocenters. The van der Waals surface area contributed by atoms with E-state index in [1.54, 1.807) is 0 Å². The van der Waals surface area contributed by atoms with Gasteiger partial charge in [-0.1, -0.05) is 33.8 Å². The minimum atomic E-state index is -4.63. The van der Waals surface area contributed by atoms with Gasteiger partial charge in [0.15, 0.2) is 5.12 Å². The zero-order valence-electron chi connectivity index (χ0n) is 11.0. The molecule has 2 atom stereocenters. The third-order valence-electron chi connectivity index (χ3n) is 2.72. The van der Waals surface area contributed by atoms with Crippen LogP contribution in [0.1, 0.15) is 30.6 Å². The van der Waals surface area contributed by atoms with Gasteiger partial charge in [0, 0.05) is 17.1 Å². The average Bonchev–Trinajstić information content (AvgIpc) is 2.36. The highest BCUT2D eigenvalue weighted by Gasteiger charge is 2.36. The molecule has 0 radical (unpaired) electrons. The van der Waals surface area contributed by atoms with Crippen LogP contribution in [0.5, 0.6) is 0 Å². The van der Waals surface area contributed by atoms with E-state index in [-0.39, 0.29) is 27.3 Å². The smallest absolute Gasteiger partial charge is 0.390 e. The molecular weight excluding hydrogens is 373 g/mol. The molecule has 1 aromatic carbocycles. The Kier molecular flexibility index (Phi) is 6.71. The summed E-state index contributed by atoms with van der Waals surface area (Å²) >= 11 is 3.89. The van der Waals surface area contributed by atoms with Gasteiger partial charge in [-0.2, -0.15) is 13.2 Å². The summed E-state index contributed by atoms with van der Waals surface area (Å²) in [5.74, 6) is 0.228. The highest BCUT2D eigenvalue weighted by molar-refractivity contribution is 9.10. The van der Waals surface area contributed by atoms with Gasteiger partial charge in [0.2, 0.25) is 0 Å². The third kappa shape index (κ3) is 5.61. The molecule has 0 saturated heterocycles. The lowest BCUT2D eigenvalue weighted by molar-refractivity contribution is -0.140. The van der Waals surface area contributed by atoms with E-state index < -0.39 is 23.9 Å². The van der Waals surface area contributed by atoms with Crippen molar-refractivity contribution < 1.29 is 28.2 Å². The van der Waals surface area contributed by atoms with Crippen LogP contribution in [0.25, 0.3) is 0 Å². The molecule has 3 nitrogen and oxygen atoms in total. The molecule has 0 aliphatic rings. The topological polar surface area (TPSA) is 57.5 Å². The van der Waals surface area contributed by atoms with E-state index in [0.29, 0.717) is 0 Å². The van der Waals surface area contributed by atoms with E-state index in [2.05, 4.69) is 15.9 Å². The van der Waals surface area contributed by atoms with Crippen molar-refractivity contribution in [2.45, 2.75) is 31.7 Å². The number of benzene rings is 1. The molecule has 0 amide bonds. The molecule has 118 valence electrons. The van der Waals surface area contributed by atoms with Crippen LogP contribution in [-0.4, -0.2) is 27.2 Å². The van der Waals surface area contributed by atoms with Gasteiger partial charge in [-0.3, -0.25) is 4.79 Å². The number of rotatable bonds is 5. The number of aliphatic hydroxyl groups excluding tert-OH is 2. The van der Waals surface area contributed by atoms with Gasteiger partial charge < -0.3 is 10.2 Å². The van der Waals surface area contributed by atoms with E-state index in [0.717, 1.165) is 23.9 Å². The molecule has 0 bridgehead atoms. The molecule has 0 aromatic heterocycles. The Morgan fingerprint density at radius 2 is 2.00 bits per heavy atom. The van der Waals surface area contributed by atoms with E-state index in [1.165, 1.54) is 13.0 Å². The average molecular weight is 387 g/mol. The SMILES string of the molecule is CC(=O)SCCC(O)C(O)c1ccc(Br)cc1C(F)(F)F. The summed E-state index contributed by atoms with van der Waals surface area (Å²) in [5, 5.41) is 19.6. The maximum atomic E-state index is 12.9. The highest BCUT2D eigenvalue weighted by atomic mass is 79.9. The monoisotopic (exact) mass is 386 g/mol. The minimum Gasteiger partial charge on any atom is -0.390 e. The van der Waals surface area contributed by atoms with Gasteiger partial charge in [0.05, 0.1) is 11.7 Å². The summed E-state index contributed by atoms with van der Waals surface area (Å²) in [6.07, 6.45) is -7.66. The van der Waals surface area contributed by atoms with Crippen LogP contribution < -0.4 is 0 Å². The van der Waals surface area contributed by atoms with Gasteiger partial charge in [-0.25, -0.2) is 0 Å². The van der Waals surface area contributed by atoms with Crippen molar-refractivity contribution in [3.8, 4) is 0 Å². The fourth-order valence-electron chi connectivity index (χ4n) is 1.72. The second-order valence-corrected chi connectivity index (χ2v) is 6.56. The predicted molar refractivity (Wildman–Crippen MR) is 77.9 cm³/mol. The van der Waals surface area contributed by atoms with Crippen molar-refractivity contribution in [2.75, 3.05) is 5.75 Å². The Labute approximate surface area is 132 Å². The van der Waals surface area contributed by atoms with Crippen molar-refractivity contribution >= 4 is 32.8 Å². The van der Waals surface area contributed by atoms with Gasteiger partial charge in [-0.15, -0.1) is 0 Å². The molecule has 0 fully saturated rings. The molecule has 0 spiro atoms. The number of carbonyl (C=O) groups excluding carboxylic acids is 1. The van der Waals surface area contributed by atoms with Crippen LogP contribution in [0.3, 0.4) is 0 Å². The lowest BCUT2D eigenvalue weighted by Gasteiger charge is -2.22. The largest absolute Gasteiger partial charge is 0.416 e. The normalized spacial score (nSPS) is 14.8. The first-order valence-corrected chi connectivity index (χ1v) is 7.77. The summed E-state index contributed by atoms with van der Waals surface area (Å²) in [4.78, 5) is 10.8. The van der Waals surface area contributed by atoms with Crippen LogP contribution in [0, 0.1) is 0 Å². The highest BCUT2D eigenvalue weighted by Crippen LogP contribution is 2.37. The van der Waals surface area contributed by atoms with Gasteiger partial charge in [0.1, 0.15) is 6.10 Å². The molecular formula is C13H14BrF3O3S. The first-order chi connectivity index (χ1) is 9.62. The molecule has 1 rings (SSSR count). The number of aliphatic hydroxyl groups is 2. The van der Waals surface area contributed by atoms with Crippen LogP contribution in [-0.2, 0) is 11.0 Å². The molecule has 0 aliphatic heterocycles. The zero-order chi connectivity index (χ0) is 16.2. The molecule has 2 N–H and O–H groups in total.